The van der Waals surface area contributed by atoms with Gasteiger partial charge in [-0.1, -0.05) is 185 Å². The van der Waals surface area contributed by atoms with Gasteiger partial charge in [0.25, 0.3) is 0 Å². The second kappa shape index (κ2) is 14.4. The number of benzene rings is 10. The summed E-state index contributed by atoms with van der Waals surface area (Å²) in [5.41, 5.74) is 27.2. The normalized spacial score (nSPS) is 16.4. The second-order valence-corrected chi connectivity index (χ2v) is 20.4. The van der Waals surface area contributed by atoms with E-state index in [0.29, 0.717) is 0 Å². The van der Waals surface area contributed by atoms with Crippen LogP contribution in [-0.2, 0) is 16.2 Å². The van der Waals surface area contributed by atoms with Gasteiger partial charge in [0.05, 0.1) is 5.41 Å². The van der Waals surface area contributed by atoms with Crippen molar-refractivity contribution >= 4 is 34.1 Å². The van der Waals surface area contributed by atoms with Gasteiger partial charge in [-0.2, -0.15) is 0 Å². The summed E-state index contributed by atoms with van der Waals surface area (Å²) in [6.07, 6.45) is 0. The monoisotopic (exact) mass is 882 g/mol. The van der Waals surface area contributed by atoms with Crippen molar-refractivity contribution in [2.75, 3.05) is 9.80 Å². The van der Waals surface area contributed by atoms with Gasteiger partial charge in [-0.05, 0) is 162 Å². The summed E-state index contributed by atoms with van der Waals surface area (Å²) in [6.45, 7) is 9.54. The summed E-state index contributed by atoms with van der Waals surface area (Å²) in [6, 6.07) is 86.8. The minimum Gasteiger partial charge on any atom is -0.310 e. The first-order valence-corrected chi connectivity index (χ1v) is 24.4. The van der Waals surface area contributed by atoms with Crippen LogP contribution in [0.25, 0.3) is 44.5 Å². The van der Waals surface area contributed by atoms with Gasteiger partial charge < -0.3 is 9.80 Å². The van der Waals surface area contributed by atoms with Gasteiger partial charge in [0.2, 0.25) is 0 Å². The van der Waals surface area contributed by atoms with Crippen molar-refractivity contribution in [3.8, 4) is 44.5 Å². The maximum atomic E-state index is 2.54. The van der Waals surface area contributed by atoms with Crippen LogP contribution in [-0.4, -0.2) is 0 Å². The molecule has 0 saturated heterocycles. The van der Waals surface area contributed by atoms with Gasteiger partial charge in [0.1, 0.15) is 0 Å². The summed E-state index contributed by atoms with van der Waals surface area (Å²) < 4.78 is 0. The highest BCUT2D eigenvalue weighted by molar-refractivity contribution is 5.98. The molecule has 14 rings (SSSR count). The Hall–Kier alpha value is -8.20. The molecule has 1 unspecified atom stereocenters. The summed E-state index contributed by atoms with van der Waals surface area (Å²) in [5.74, 6) is 0. The molecule has 0 bridgehead atoms. The Balaban J connectivity index is 1.02. The highest BCUT2D eigenvalue weighted by atomic mass is 15.1. The summed E-state index contributed by atoms with van der Waals surface area (Å²) in [7, 11) is 0. The number of rotatable bonds is 6. The van der Waals surface area contributed by atoms with E-state index in [-0.39, 0.29) is 10.8 Å². The van der Waals surface area contributed by atoms with Crippen molar-refractivity contribution in [2.24, 2.45) is 0 Å². The summed E-state index contributed by atoms with van der Waals surface area (Å²) >= 11 is 0. The zero-order chi connectivity index (χ0) is 46.2. The van der Waals surface area contributed by atoms with Gasteiger partial charge >= 0.3 is 0 Å². The molecule has 10 aromatic carbocycles. The lowest BCUT2D eigenvalue weighted by Gasteiger charge is -2.34. The average molecular weight is 883 g/mol. The van der Waals surface area contributed by atoms with Crippen LogP contribution in [0.2, 0.25) is 0 Å². The molecule has 0 radical (unpaired) electrons. The Morgan fingerprint density at radius 2 is 0.478 bits per heavy atom. The first-order chi connectivity index (χ1) is 33.7. The van der Waals surface area contributed by atoms with E-state index in [1.807, 2.05) is 0 Å². The highest BCUT2D eigenvalue weighted by Gasteiger charge is 2.52. The fourth-order valence-electron chi connectivity index (χ4n) is 13.1. The van der Waals surface area contributed by atoms with Crippen molar-refractivity contribution in [1.29, 1.82) is 0 Å². The lowest BCUT2D eigenvalue weighted by atomic mass is 9.70. The van der Waals surface area contributed by atoms with Crippen molar-refractivity contribution in [1.82, 2.24) is 0 Å². The zero-order valence-electron chi connectivity index (χ0n) is 39.3. The molecule has 1 spiro atoms. The number of fused-ring (bicyclic) bond motifs is 16. The third kappa shape index (κ3) is 5.43. The van der Waals surface area contributed by atoms with Crippen LogP contribution < -0.4 is 9.80 Å². The number of anilines is 6. The van der Waals surface area contributed by atoms with E-state index in [9.17, 15) is 0 Å². The first-order valence-electron chi connectivity index (χ1n) is 24.4. The molecule has 0 aromatic heterocycles. The molecule has 2 nitrogen and oxygen atoms in total. The second-order valence-electron chi connectivity index (χ2n) is 20.4. The lowest BCUT2D eigenvalue weighted by molar-refractivity contribution is 0.660. The molecular formula is C67H50N2. The fraction of sp³-hybridized carbons (Fsp3) is 0.104. The largest absolute Gasteiger partial charge is 0.310 e. The molecule has 0 N–H and O–H groups in total. The number of para-hydroxylation sites is 2. The smallest absolute Gasteiger partial charge is 0.0727 e. The zero-order valence-corrected chi connectivity index (χ0v) is 39.3. The van der Waals surface area contributed by atoms with Gasteiger partial charge in [-0.25, -0.2) is 0 Å². The van der Waals surface area contributed by atoms with E-state index in [1.54, 1.807) is 0 Å². The minimum absolute atomic E-state index is 0.152. The molecule has 69 heavy (non-hydrogen) atoms. The molecule has 2 heteroatoms. The van der Waals surface area contributed by atoms with Crippen molar-refractivity contribution in [3.63, 3.8) is 0 Å². The molecule has 1 atom stereocenters. The third-order valence-electron chi connectivity index (χ3n) is 16.3. The van der Waals surface area contributed by atoms with E-state index in [4.69, 9.17) is 0 Å². The van der Waals surface area contributed by atoms with Gasteiger partial charge in [-0.3, -0.25) is 0 Å². The predicted octanol–water partition coefficient (Wildman–Crippen LogP) is 17.6. The minimum atomic E-state index is -0.572. The fourth-order valence-corrected chi connectivity index (χ4v) is 13.1. The lowest BCUT2D eigenvalue weighted by Crippen LogP contribution is -2.26. The maximum absolute atomic E-state index is 2.54. The van der Waals surface area contributed by atoms with Crippen LogP contribution in [0.3, 0.4) is 0 Å². The summed E-state index contributed by atoms with van der Waals surface area (Å²) in [4.78, 5) is 4.94. The molecular weight excluding hydrogens is 833 g/mol. The van der Waals surface area contributed by atoms with Crippen molar-refractivity contribution in [2.45, 2.75) is 43.9 Å². The molecule has 0 amide bonds. The SMILES string of the molecule is CC1(C)c2ccccc2-c2ccc(N(c3ccc4c(c3)C(C)(C)c3ccccc3-4)c3ccc4c(c3)C3(c5ccccc5-c5ccc(N(c6ccccc6)c6ccccc6)cc53)c3ccccc3-4)cc21. The maximum Gasteiger partial charge on any atom is 0.0727 e. The van der Waals surface area contributed by atoms with Crippen LogP contribution in [0.5, 0.6) is 0 Å². The Kier molecular flexibility index (Phi) is 8.33. The van der Waals surface area contributed by atoms with E-state index in [1.165, 1.54) is 89.0 Å². The van der Waals surface area contributed by atoms with Gasteiger partial charge in [0.15, 0.2) is 0 Å². The van der Waals surface area contributed by atoms with E-state index in [0.717, 1.165) is 34.1 Å². The first kappa shape index (κ1) is 39.9. The van der Waals surface area contributed by atoms with Crippen LogP contribution in [0, 0.1) is 0 Å². The van der Waals surface area contributed by atoms with Crippen molar-refractivity contribution in [3.05, 3.63) is 275 Å². The standard InChI is InChI=1S/C67H50N2/c1-65(2)57-27-15-11-23-49(57)53-35-31-45(39-61(53)65)69(46-32-36-54-50-24-12-16-28-58(50)66(3,4)62(54)40-46)48-34-38-56-52-26-14-18-30-60(52)67(64(56)42-48)59-29-17-13-25-51(59)55-37-33-47(41-63(55)67)68(43-19-7-5-8-20-43)44-21-9-6-10-22-44/h5-42H,1-4H3. The number of hydrogen-bond acceptors (Lipinski definition) is 2. The van der Waals surface area contributed by atoms with Gasteiger partial charge in [0, 0.05) is 45.0 Å². The summed E-state index contributed by atoms with van der Waals surface area (Å²) in [5, 5.41) is 0. The molecule has 4 aliphatic carbocycles. The number of nitrogens with zero attached hydrogens (tertiary/aromatic N) is 2. The molecule has 10 aromatic rings. The average Bonchev–Trinajstić information content (AvgIpc) is 4.02. The van der Waals surface area contributed by atoms with E-state index < -0.39 is 5.41 Å². The third-order valence-corrected chi connectivity index (χ3v) is 16.3. The molecule has 0 fully saturated rings. The Bertz CT molecular complexity index is 3590. The highest BCUT2D eigenvalue weighted by Crippen LogP contribution is 2.64. The quantitative estimate of drug-likeness (QED) is 0.164. The Labute approximate surface area is 405 Å². The van der Waals surface area contributed by atoms with E-state index >= 15 is 0 Å². The van der Waals surface area contributed by atoms with Crippen LogP contribution in [0.4, 0.5) is 34.1 Å². The molecule has 0 heterocycles. The van der Waals surface area contributed by atoms with Crippen LogP contribution in [0.15, 0.2) is 231 Å². The number of hydrogen-bond donors (Lipinski definition) is 0. The molecule has 4 aliphatic rings. The van der Waals surface area contributed by atoms with E-state index in [2.05, 4.69) is 268 Å². The predicted molar refractivity (Wildman–Crippen MR) is 287 cm³/mol. The molecule has 0 aliphatic heterocycles. The van der Waals surface area contributed by atoms with Crippen molar-refractivity contribution < 1.29 is 0 Å². The Morgan fingerprint density at radius 3 is 0.855 bits per heavy atom. The van der Waals surface area contributed by atoms with Crippen LogP contribution >= 0.6 is 0 Å². The Morgan fingerprint density at radius 1 is 0.217 bits per heavy atom. The van der Waals surface area contributed by atoms with Gasteiger partial charge in [-0.15, -0.1) is 0 Å². The molecule has 328 valence electrons. The molecule has 0 saturated carbocycles. The van der Waals surface area contributed by atoms with Crippen LogP contribution in [0.1, 0.15) is 72.2 Å². The topological polar surface area (TPSA) is 6.48 Å².